The molecule has 0 atom stereocenters. The molecule has 0 unspecified atom stereocenters. The standard InChI is InChI=1S/C9H7F4NO/c1-5-7(9(11,12)13)2-6(14-4-15)3-8(5)10/h2-4H,1H3,(H,14,15). The van der Waals surface area contributed by atoms with E-state index in [1.54, 1.807) is 0 Å². The van der Waals surface area contributed by atoms with Crippen LogP contribution in [-0.4, -0.2) is 6.41 Å². The average molecular weight is 221 g/mol. The number of hydrogen-bond donors (Lipinski definition) is 1. The van der Waals surface area contributed by atoms with Crippen LogP contribution in [0.15, 0.2) is 12.1 Å². The van der Waals surface area contributed by atoms with Gasteiger partial charge in [-0.25, -0.2) is 4.39 Å². The first-order valence-corrected chi connectivity index (χ1v) is 3.94. The second kappa shape index (κ2) is 3.88. The Morgan fingerprint density at radius 3 is 2.40 bits per heavy atom. The zero-order valence-electron chi connectivity index (χ0n) is 7.65. The Morgan fingerprint density at radius 2 is 1.93 bits per heavy atom. The fourth-order valence-electron chi connectivity index (χ4n) is 1.12. The minimum Gasteiger partial charge on any atom is -0.329 e. The summed E-state index contributed by atoms with van der Waals surface area (Å²) in [4.78, 5) is 10.0. The van der Waals surface area contributed by atoms with Crippen molar-refractivity contribution in [3.63, 3.8) is 0 Å². The molecule has 0 bridgehead atoms. The molecule has 0 aliphatic carbocycles. The van der Waals surface area contributed by atoms with Crippen LogP contribution in [0.3, 0.4) is 0 Å². The van der Waals surface area contributed by atoms with Crippen LogP contribution in [0.2, 0.25) is 0 Å². The van der Waals surface area contributed by atoms with Crippen molar-refractivity contribution in [2.45, 2.75) is 13.1 Å². The number of halogens is 4. The number of amides is 1. The van der Waals surface area contributed by atoms with Gasteiger partial charge in [-0.2, -0.15) is 13.2 Å². The van der Waals surface area contributed by atoms with E-state index in [0.29, 0.717) is 6.07 Å². The Bertz CT molecular complexity index is 386. The van der Waals surface area contributed by atoms with Crippen LogP contribution < -0.4 is 5.32 Å². The minimum atomic E-state index is -4.63. The highest BCUT2D eigenvalue weighted by molar-refractivity contribution is 5.71. The lowest BCUT2D eigenvalue weighted by Gasteiger charge is -2.12. The van der Waals surface area contributed by atoms with Gasteiger partial charge in [-0.05, 0) is 24.6 Å². The molecule has 1 aromatic rings. The molecule has 0 saturated carbocycles. The monoisotopic (exact) mass is 221 g/mol. The van der Waals surface area contributed by atoms with Gasteiger partial charge in [0.2, 0.25) is 6.41 Å². The molecule has 1 rings (SSSR count). The first-order valence-electron chi connectivity index (χ1n) is 3.94. The summed E-state index contributed by atoms with van der Waals surface area (Å²) in [5.41, 5.74) is -1.80. The Morgan fingerprint density at radius 1 is 1.33 bits per heavy atom. The van der Waals surface area contributed by atoms with Gasteiger partial charge in [0.25, 0.3) is 0 Å². The molecule has 0 aliphatic rings. The molecule has 15 heavy (non-hydrogen) atoms. The number of benzene rings is 1. The van der Waals surface area contributed by atoms with Crippen LogP contribution in [-0.2, 0) is 11.0 Å². The minimum absolute atomic E-state index is 0.185. The van der Waals surface area contributed by atoms with Crippen molar-refractivity contribution >= 4 is 12.1 Å². The van der Waals surface area contributed by atoms with Crippen LogP contribution in [0.4, 0.5) is 23.2 Å². The van der Waals surface area contributed by atoms with Crippen LogP contribution >= 0.6 is 0 Å². The number of hydrogen-bond acceptors (Lipinski definition) is 1. The maximum atomic E-state index is 13.0. The number of carbonyl (C=O) groups excluding carboxylic acids is 1. The number of alkyl halides is 3. The van der Waals surface area contributed by atoms with Gasteiger partial charge in [0.15, 0.2) is 0 Å². The number of anilines is 1. The van der Waals surface area contributed by atoms with Crippen LogP contribution in [0.1, 0.15) is 11.1 Å². The quantitative estimate of drug-likeness (QED) is 0.603. The van der Waals surface area contributed by atoms with E-state index in [0.717, 1.165) is 13.0 Å². The molecular weight excluding hydrogens is 214 g/mol. The number of rotatable bonds is 2. The van der Waals surface area contributed by atoms with Crippen molar-refractivity contribution in [1.29, 1.82) is 0 Å². The van der Waals surface area contributed by atoms with Gasteiger partial charge in [-0.1, -0.05) is 0 Å². The summed E-state index contributed by atoms with van der Waals surface area (Å²) < 4.78 is 50.1. The summed E-state index contributed by atoms with van der Waals surface area (Å²) >= 11 is 0. The van der Waals surface area contributed by atoms with Crippen molar-refractivity contribution in [2.24, 2.45) is 0 Å². The van der Waals surface area contributed by atoms with E-state index in [4.69, 9.17) is 0 Å². The predicted molar refractivity (Wildman–Crippen MR) is 45.8 cm³/mol. The number of carbonyl (C=O) groups is 1. The zero-order chi connectivity index (χ0) is 11.6. The first kappa shape index (κ1) is 11.5. The second-order valence-electron chi connectivity index (χ2n) is 2.89. The van der Waals surface area contributed by atoms with E-state index < -0.39 is 23.1 Å². The first-order chi connectivity index (χ1) is 6.86. The summed E-state index contributed by atoms with van der Waals surface area (Å²) in [6.45, 7) is 1.03. The maximum absolute atomic E-state index is 13.0. The summed E-state index contributed by atoms with van der Waals surface area (Å²) in [6.07, 6.45) is -4.45. The van der Waals surface area contributed by atoms with E-state index in [-0.39, 0.29) is 12.1 Å². The fourth-order valence-corrected chi connectivity index (χ4v) is 1.12. The molecule has 0 saturated heterocycles. The summed E-state index contributed by atoms with van der Waals surface area (Å²) in [7, 11) is 0. The third-order valence-corrected chi connectivity index (χ3v) is 1.88. The van der Waals surface area contributed by atoms with Crippen molar-refractivity contribution in [2.75, 3.05) is 5.32 Å². The topological polar surface area (TPSA) is 29.1 Å². The normalized spacial score (nSPS) is 11.3. The molecule has 0 heterocycles. The molecule has 6 heteroatoms. The van der Waals surface area contributed by atoms with Crippen LogP contribution in [0.5, 0.6) is 0 Å². The molecule has 2 nitrogen and oxygen atoms in total. The highest BCUT2D eigenvalue weighted by Crippen LogP contribution is 2.34. The number of nitrogens with one attached hydrogen (secondary N) is 1. The average Bonchev–Trinajstić information content (AvgIpc) is 2.09. The predicted octanol–water partition coefficient (Wildman–Crippen LogP) is 2.72. The molecule has 1 N–H and O–H groups in total. The second-order valence-corrected chi connectivity index (χ2v) is 2.89. The van der Waals surface area contributed by atoms with Gasteiger partial charge in [0, 0.05) is 5.69 Å². The van der Waals surface area contributed by atoms with Crippen molar-refractivity contribution in [3.05, 3.63) is 29.1 Å². The highest BCUT2D eigenvalue weighted by Gasteiger charge is 2.33. The molecule has 82 valence electrons. The van der Waals surface area contributed by atoms with E-state index in [9.17, 15) is 22.4 Å². The zero-order valence-corrected chi connectivity index (χ0v) is 7.65. The summed E-state index contributed by atoms with van der Waals surface area (Å²) in [5.74, 6) is -1.01. The molecule has 1 amide bonds. The van der Waals surface area contributed by atoms with Crippen LogP contribution in [0, 0.1) is 12.7 Å². The van der Waals surface area contributed by atoms with E-state index in [1.165, 1.54) is 0 Å². The molecule has 1 aromatic carbocycles. The van der Waals surface area contributed by atoms with E-state index in [2.05, 4.69) is 0 Å². The summed E-state index contributed by atoms with van der Waals surface area (Å²) in [5, 5.41) is 1.97. The van der Waals surface area contributed by atoms with E-state index >= 15 is 0 Å². The third kappa shape index (κ3) is 2.45. The van der Waals surface area contributed by atoms with Gasteiger partial charge < -0.3 is 5.32 Å². The Balaban J connectivity index is 3.31. The SMILES string of the molecule is Cc1c(F)cc(NC=O)cc1C(F)(F)F. The van der Waals surface area contributed by atoms with Gasteiger partial charge >= 0.3 is 6.18 Å². The molecule has 0 aliphatic heterocycles. The molecule has 0 radical (unpaired) electrons. The third-order valence-electron chi connectivity index (χ3n) is 1.88. The lowest BCUT2D eigenvalue weighted by atomic mass is 10.1. The van der Waals surface area contributed by atoms with Crippen molar-refractivity contribution in [1.82, 2.24) is 0 Å². The Hall–Kier alpha value is -1.59. The lowest BCUT2D eigenvalue weighted by Crippen LogP contribution is -2.10. The lowest BCUT2D eigenvalue weighted by molar-refractivity contribution is -0.138. The molecule has 0 aromatic heterocycles. The molecule has 0 spiro atoms. The van der Waals surface area contributed by atoms with E-state index in [1.807, 2.05) is 5.32 Å². The van der Waals surface area contributed by atoms with Gasteiger partial charge in [-0.3, -0.25) is 4.79 Å². The summed E-state index contributed by atoms with van der Waals surface area (Å²) in [6, 6.07) is 1.52. The highest BCUT2D eigenvalue weighted by atomic mass is 19.4. The smallest absolute Gasteiger partial charge is 0.329 e. The van der Waals surface area contributed by atoms with Gasteiger partial charge in [0.1, 0.15) is 5.82 Å². The van der Waals surface area contributed by atoms with Gasteiger partial charge in [-0.15, -0.1) is 0 Å². The fraction of sp³-hybridized carbons (Fsp3) is 0.222. The molecular formula is C9H7F4NO. The van der Waals surface area contributed by atoms with Gasteiger partial charge in [0.05, 0.1) is 5.56 Å². The Labute approximate surface area is 82.9 Å². The largest absolute Gasteiger partial charge is 0.416 e. The van der Waals surface area contributed by atoms with Crippen molar-refractivity contribution < 1.29 is 22.4 Å². The Kier molecular flexibility index (Phi) is 2.97. The van der Waals surface area contributed by atoms with Crippen LogP contribution in [0.25, 0.3) is 0 Å². The molecule has 0 fully saturated rings. The van der Waals surface area contributed by atoms with Crippen molar-refractivity contribution in [3.8, 4) is 0 Å². The maximum Gasteiger partial charge on any atom is 0.416 e.